The summed E-state index contributed by atoms with van der Waals surface area (Å²) in [5.74, 6) is -0.475. The van der Waals surface area contributed by atoms with Gasteiger partial charge in [0.05, 0.1) is 12.0 Å². The number of benzene rings is 2. The van der Waals surface area contributed by atoms with E-state index in [4.69, 9.17) is 16.3 Å². The third-order valence-electron chi connectivity index (χ3n) is 2.72. The van der Waals surface area contributed by atoms with Crippen molar-refractivity contribution in [2.24, 2.45) is 0 Å². The molecule has 19 heavy (non-hydrogen) atoms. The van der Waals surface area contributed by atoms with E-state index in [2.05, 4.69) is 0 Å². The fourth-order valence-corrected chi connectivity index (χ4v) is 2.20. The van der Waals surface area contributed by atoms with E-state index in [1.54, 1.807) is 24.3 Å². The zero-order chi connectivity index (χ0) is 13.8. The highest BCUT2D eigenvalue weighted by molar-refractivity contribution is 6.22. The molecule has 0 amide bonds. The summed E-state index contributed by atoms with van der Waals surface area (Å²) in [7, 11) is 0. The molecule has 0 aliphatic carbocycles. The molecule has 0 saturated heterocycles. The maximum atomic E-state index is 13.7. The van der Waals surface area contributed by atoms with Crippen molar-refractivity contribution in [2.75, 3.05) is 6.61 Å². The molecule has 2 rings (SSSR count). The van der Waals surface area contributed by atoms with E-state index in [1.807, 2.05) is 6.92 Å². The summed E-state index contributed by atoms with van der Waals surface area (Å²) >= 11 is 6.26. The average Bonchev–Trinajstić information content (AvgIpc) is 2.42. The minimum absolute atomic E-state index is 0.105. The molecule has 0 radical (unpaired) electrons. The maximum absolute atomic E-state index is 13.7. The van der Waals surface area contributed by atoms with Crippen LogP contribution in [-0.2, 0) is 0 Å². The van der Waals surface area contributed by atoms with Crippen molar-refractivity contribution in [1.82, 2.24) is 0 Å². The van der Waals surface area contributed by atoms with E-state index in [0.29, 0.717) is 17.9 Å². The lowest BCUT2D eigenvalue weighted by atomic mass is 10.0. The Balaban J connectivity index is 2.43. The first-order valence-corrected chi connectivity index (χ1v) is 6.38. The number of hydrogen-bond acceptors (Lipinski definition) is 1. The van der Waals surface area contributed by atoms with Crippen LogP contribution < -0.4 is 4.74 Å². The van der Waals surface area contributed by atoms with Crippen LogP contribution >= 0.6 is 11.6 Å². The van der Waals surface area contributed by atoms with Crippen molar-refractivity contribution in [3.05, 3.63) is 65.2 Å². The standard InChI is InChI=1S/C15H13ClF2O/c1-2-19-14-6-4-3-5-11(14)15(16)12-9-10(17)7-8-13(12)18/h3-9,15H,2H2,1H3. The van der Waals surface area contributed by atoms with E-state index in [-0.39, 0.29) is 5.56 Å². The fourth-order valence-electron chi connectivity index (χ4n) is 1.85. The Morgan fingerprint density at radius 2 is 1.84 bits per heavy atom. The van der Waals surface area contributed by atoms with Crippen LogP contribution in [-0.4, -0.2) is 6.61 Å². The van der Waals surface area contributed by atoms with Gasteiger partial charge in [0.1, 0.15) is 17.4 Å². The van der Waals surface area contributed by atoms with E-state index >= 15 is 0 Å². The summed E-state index contributed by atoms with van der Waals surface area (Å²) in [6.07, 6.45) is 0. The summed E-state index contributed by atoms with van der Waals surface area (Å²) in [6, 6.07) is 10.3. The van der Waals surface area contributed by atoms with Crippen molar-refractivity contribution in [3.8, 4) is 5.75 Å². The lowest BCUT2D eigenvalue weighted by Crippen LogP contribution is -2.02. The topological polar surface area (TPSA) is 9.23 Å². The van der Waals surface area contributed by atoms with Crippen molar-refractivity contribution in [3.63, 3.8) is 0 Å². The van der Waals surface area contributed by atoms with Gasteiger partial charge in [-0.3, -0.25) is 0 Å². The Bertz CT molecular complexity index is 572. The van der Waals surface area contributed by atoms with Gasteiger partial charge in [-0.15, -0.1) is 11.6 Å². The normalized spacial score (nSPS) is 12.2. The molecule has 0 N–H and O–H groups in total. The van der Waals surface area contributed by atoms with E-state index in [0.717, 1.165) is 18.2 Å². The number of halogens is 3. The Morgan fingerprint density at radius 3 is 2.58 bits per heavy atom. The van der Waals surface area contributed by atoms with Crippen LogP contribution in [0.3, 0.4) is 0 Å². The summed E-state index contributed by atoms with van der Waals surface area (Å²) in [5, 5.41) is -0.793. The minimum Gasteiger partial charge on any atom is -0.494 e. The fraction of sp³-hybridized carbons (Fsp3) is 0.200. The maximum Gasteiger partial charge on any atom is 0.128 e. The molecule has 2 aromatic carbocycles. The van der Waals surface area contributed by atoms with Gasteiger partial charge in [-0.25, -0.2) is 8.78 Å². The molecular formula is C15H13ClF2O. The summed E-state index contributed by atoms with van der Waals surface area (Å²) in [6.45, 7) is 2.33. The Morgan fingerprint density at radius 1 is 1.11 bits per heavy atom. The van der Waals surface area contributed by atoms with Gasteiger partial charge in [0, 0.05) is 11.1 Å². The van der Waals surface area contributed by atoms with Crippen LogP contribution in [0, 0.1) is 11.6 Å². The van der Waals surface area contributed by atoms with Crippen molar-refractivity contribution >= 4 is 11.6 Å². The van der Waals surface area contributed by atoms with E-state index in [9.17, 15) is 8.78 Å². The molecule has 0 aromatic heterocycles. The Labute approximate surface area is 115 Å². The Hall–Kier alpha value is -1.61. The molecular weight excluding hydrogens is 270 g/mol. The second-order valence-electron chi connectivity index (χ2n) is 4.00. The first-order chi connectivity index (χ1) is 9.13. The molecule has 2 aromatic rings. The lowest BCUT2D eigenvalue weighted by molar-refractivity contribution is 0.336. The van der Waals surface area contributed by atoms with Crippen molar-refractivity contribution in [2.45, 2.75) is 12.3 Å². The van der Waals surface area contributed by atoms with Crippen LogP contribution in [0.25, 0.3) is 0 Å². The van der Waals surface area contributed by atoms with E-state index < -0.39 is 17.0 Å². The second-order valence-corrected chi connectivity index (χ2v) is 4.44. The number of para-hydroxylation sites is 1. The molecule has 1 nitrogen and oxygen atoms in total. The zero-order valence-corrected chi connectivity index (χ0v) is 11.1. The highest BCUT2D eigenvalue weighted by Gasteiger charge is 2.19. The Kier molecular flexibility index (Phi) is 4.38. The molecule has 100 valence electrons. The van der Waals surface area contributed by atoms with Crippen molar-refractivity contribution in [1.29, 1.82) is 0 Å². The quantitative estimate of drug-likeness (QED) is 0.739. The van der Waals surface area contributed by atoms with Gasteiger partial charge in [-0.2, -0.15) is 0 Å². The van der Waals surface area contributed by atoms with Gasteiger partial charge < -0.3 is 4.74 Å². The molecule has 0 fully saturated rings. The smallest absolute Gasteiger partial charge is 0.128 e. The van der Waals surface area contributed by atoms with Gasteiger partial charge in [0.25, 0.3) is 0 Å². The molecule has 0 aliphatic rings. The van der Waals surface area contributed by atoms with Gasteiger partial charge in [-0.05, 0) is 31.2 Å². The third-order valence-corrected chi connectivity index (χ3v) is 3.19. The highest BCUT2D eigenvalue weighted by atomic mass is 35.5. The number of rotatable bonds is 4. The SMILES string of the molecule is CCOc1ccccc1C(Cl)c1cc(F)ccc1F. The molecule has 0 saturated carbocycles. The first kappa shape index (κ1) is 13.8. The van der Waals surface area contributed by atoms with Gasteiger partial charge in [-0.1, -0.05) is 18.2 Å². The monoisotopic (exact) mass is 282 g/mol. The highest BCUT2D eigenvalue weighted by Crippen LogP contribution is 2.36. The molecule has 1 atom stereocenters. The van der Waals surface area contributed by atoms with Gasteiger partial charge in [0.2, 0.25) is 0 Å². The third kappa shape index (κ3) is 3.04. The minimum atomic E-state index is -0.793. The summed E-state index contributed by atoms with van der Waals surface area (Å²) < 4.78 is 32.4. The van der Waals surface area contributed by atoms with Crippen LogP contribution in [0.2, 0.25) is 0 Å². The van der Waals surface area contributed by atoms with Crippen LogP contribution in [0.5, 0.6) is 5.75 Å². The first-order valence-electron chi connectivity index (χ1n) is 5.94. The molecule has 0 spiro atoms. The molecule has 0 heterocycles. The predicted molar refractivity (Wildman–Crippen MR) is 71.7 cm³/mol. The molecule has 0 bridgehead atoms. The molecule has 0 aliphatic heterocycles. The van der Waals surface area contributed by atoms with Gasteiger partial charge in [0.15, 0.2) is 0 Å². The largest absolute Gasteiger partial charge is 0.494 e. The van der Waals surface area contributed by atoms with Crippen molar-refractivity contribution < 1.29 is 13.5 Å². The second kappa shape index (κ2) is 6.02. The van der Waals surface area contributed by atoms with E-state index in [1.165, 1.54) is 0 Å². The predicted octanol–water partition coefficient (Wildman–Crippen LogP) is 4.69. The molecule has 4 heteroatoms. The number of ether oxygens (including phenoxy) is 1. The number of hydrogen-bond donors (Lipinski definition) is 0. The van der Waals surface area contributed by atoms with Crippen LogP contribution in [0.4, 0.5) is 8.78 Å². The average molecular weight is 283 g/mol. The summed E-state index contributed by atoms with van der Waals surface area (Å²) in [5.41, 5.74) is 0.726. The van der Waals surface area contributed by atoms with Gasteiger partial charge >= 0.3 is 0 Å². The summed E-state index contributed by atoms with van der Waals surface area (Å²) in [4.78, 5) is 0. The molecule has 1 unspecified atom stereocenters. The lowest BCUT2D eigenvalue weighted by Gasteiger charge is -2.15. The van der Waals surface area contributed by atoms with Crippen LogP contribution in [0.15, 0.2) is 42.5 Å². The number of alkyl halides is 1. The van der Waals surface area contributed by atoms with Crippen LogP contribution in [0.1, 0.15) is 23.4 Å². The zero-order valence-electron chi connectivity index (χ0n) is 10.4.